The average Bonchev–Trinajstić information content (AvgIpc) is 2.78. The van der Waals surface area contributed by atoms with Gasteiger partial charge in [-0.25, -0.2) is 15.8 Å². The molecule has 2 heterocycles. The molecule has 6 nitrogen and oxygen atoms in total. The van der Waals surface area contributed by atoms with E-state index in [0.717, 1.165) is 5.56 Å². The van der Waals surface area contributed by atoms with Crippen molar-refractivity contribution in [1.82, 2.24) is 19.7 Å². The van der Waals surface area contributed by atoms with Crippen LogP contribution in [0.3, 0.4) is 0 Å². The zero-order valence-corrected chi connectivity index (χ0v) is 9.25. The van der Waals surface area contributed by atoms with Gasteiger partial charge in [-0.15, -0.1) is 0 Å². The van der Waals surface area contributed by atoms with Crippen LogP contribution in [0, 0.1) is 0 Å². The van der Waals surface area contributed by atoms with E-state index in [1.807, 2.05) is 10.9 Å². The van der Waals surface area contributed by atoms with Crippen LogP contribution in [0.15, 0.2) is 24.7 Å². The number of aromatic nitrogens is 4. The van der Waals surface area contributed by atoms with Gasteiger partial charge in [0.05, 0.1) is 11.8 Å². The van der Waals surface area contributed by atoms with E-state index in [1.54, 1.807) is 18.5 Å². The Labute approximate surface area is 93.5 Å². The van der Waals surface area contributed by atoms with Crippen molar-refractivity contribution in [1.29, 1.82) is 0 Å². The van der Waals surface area contributed by atoms with E-state index in [-0.39, 0.29) is 0 Å². The Hall–Kier alpha value is -1.95. The normalized spacial score (nSPS) is 10.8. The van der Waals surface area contributed by atoms with E-state index in [0.29, 0.717) is 17.7 Å². The van der Waals surface area contributed by atoms with Gasteiger partial charge in [-0.2, -0.15) is 5.10 Å². The zero-order valence-electron chi connectivity index (χ0n) is 9.25. The number of rotatable bonds is 3. The lowest BCUT2D eigenvalue weighted by molar-refractivity contribution is 0.532. The Balaban J connectivity index is 2.34. The van der Waals surface area contributed by atoms with Crippen LogP contribution in [0.4, 0.5) is 5.82 Å². The molecular weight excluding hydrogens is 204 g/mol. The third-order valence-corrected chi connectivity index (χ3v) is 2.19. The van der Waals surface area contributed by atoms with Crippen LogP contribution >= 0.6 is 0 Å². The topological polar surface area (TPSA) is 81.7 Å². The molecule has 0 atom stereocenters. The van der Waals surface area contributed by atoms with Gasteiger partial charge in [0.15, 0.2) is 5.82 Å². The van der Waals surface area contributed by atoms with Crippen LogP contribution in [0.1, 0.15) is 19.9 Å². The average molecular weight is 218 g/mol. The molecule has 0 bridgehead atoms. The predicted octanol–water partition coefficient (Wildman–Crippen LogP) is 1.21. The van der Waals surface area contributed by atoms with E-state index in [1.165, 1.54) is 0 Å². The largest absolute Gasteiger partial charge is 0.308 e. The molecule has 2 rings (SSSR count). The van der Waals surface area contributed by atoms with Crippen molar-refractivity contribution in [2.45, 2.75) is 19.9 Å². The number of hydrazine groups is 1. The van der Waals surface area contributed by atoms with Crippen LogP contribution in [0.25, 0.3) is 11.4 Å². The van der Waals surface area contributed by atoms with Gasteiger partial charge in [0.2, 0.25) is 0 Å². The summed E-state index contributed by atoms with van der Waals surface area (Å²) < 4.78 is 1.86. The summed E-state index contributed by atoms with van der Waals surface area (Å²) in [5, 5.41) is 4.23. The lowest BCUT2D eigenvalue weighted by atomic mass is 10.3. The summed E-state index contributed by atoms with van der Waals surface area (Å²) >= 11 is 0. The lowest BCUT2D eigenvalue weighted by Gasteiger charge is -2.03. The number of nitrogens with zero attached hydrogens (tertiary/aromatic N) is 4. The maximum absolute atomic E-state index is 5.29. The summed E-state index contributed by atoms with van der Waals surface area (Å²) in [6.07, 6.45) is 5.32. The number of nitrogen functional groups attached to an aromatic ring is 1. The molecule has 0 saturated heterocycles. The standard InChI is InChI=1S/C10H14N6/c1-7(2)16-6-8(5-13-16)10-12-4-3-9(14-10)15-11/h3-7H,11H2,1-2H3,(H,12,14,15). The summed E-state index contributed by atoms with van der Waals surface area (Å²) in [7, 11) is 0. The molecule has 0 aliphatic heterocycles. The Morgan fingerprint density at radius 3 is 2.88 bits per heavy atom. The van der Waals surface area contributed by atoms with Crippen LogP contribution in [-0.2, 0) is 0 Å². The van der Waals surface area contributed by atoms with Crippen LogP contribution in [-0.4, -0.2) is 19.7 Å². The van der Waals surface area contributed by atoms with Gasteiger partial charge < -0.3 is 5.43 Å². The van der Waals surface area contributed by atoms with E-state index < -0.39 is 0 Å². The van der Waals surface area contributed by atoms with Crippen molar-refractivity contribution in [2.24, 2.45) is 5.84 Å². The van der Waals surface area contributed by atoms with E-state index in [9.17, 15) is 0 Å². The molecule has 0 spiro atoms. The van der Waals surface area contributed by atoms with Crippen molar-refractivity contribution < 1.29 is 0 Å². The lowest BCUT2D eigenvalue weighted by Crippen LogP contribution is -2.08. The summed E-state index contributed by atoms with van der Waals surface area (Å²) in [6, 6.07) is 2.03. The molecule has 6 heteroatoms. The Morgan fingerprint density at radius 2 is 2.25 bits per heavy atom. The molecule has 3 N–H and O–H groups in total. The van der Waals surface area contributed by atoms with Crippen LogP contribution < -0.4 is 11.3 Å². The third-order valence-electron chi connectivity index (χ3n) is 2.19. The molecule has 84 valence electrons. The summed E-state index contributed by atoms with van der Waals surface area (Å²) in [5.74, 6) is 6.49. The summed E-state index contributed by atoms with van der Waals surface area (Å²) in [4.78, 5) is 8.40. The molecule has 16 heavy (non-hydrogen) atoms. The molecule has 2 aromatic heterocycles. The molecule has 0 saturated carbocycles. The van der Waals surface area contributed by atoms with E-state index in [4.69, 9.17) is 5.84 Å². The SMILES string of the molecule is CC(C)n1cc(-c2nccc(NN)n2)cn1. The van der Waals surface area contributed by atoms with Crippen molar-refractivity contribution in [2.75, 3.05) is 5.43 Å². The molecule has 2 aromatic rings. The van der Waals surface area contributed by atoms with Crippen LogP contribution in [0.2, 0.25) is 0 Å². The Bertz CT molecular complexity index is 476. The second kappa shape index (κ2) is 4.28. The molecule has 0 unspecified atom stereocenters. The molecule has 0 amide bonds. The Morgan fingerprint density at radius 1 is 1.44 bits per heavy atom. The quantitative estimate of drug-likeness (QED) is 0.597. The highest BCUT2D eigenvalue weighted by Crippen LogP contribution is 2.16. The molecular formula is C10H14N6. The fourth-order valence-corrected chi connectivity index (χ4v) is 1.31. The first-order valence-corrected chi connectivity index (χ1v) is 5.05. The fourth-order valence-electron chi connectivity index (χ4n) is 1.31. The number of anilines is 1. The minimum atomic E-state index is 0.324. The summed E-state index contributed by atoms with van der Waals surface area (Å²) in [6.45, 7) is 4.13. The monoisotopic (exact) mass is 218 g/mol. The van der Waals surface area contributed by atoms with E-state index in [2.05, 4.69) is 34.3 Å². The van der Waals surface area contributed by atoms with Crippen molar-refractivity contribution in [3.05, 3.63) is 24.7 Å². The van der Waals surface area contributed by atoms with Gasteiger partial charge in [0, 0.05) is 24.5 Å². The second-order valence-corrected chi connectivity index (χ2v) is 3.71. The third kappa shape index (κ3) is 2.01. The van der Waals surface area contributed by atoms with Gasteiger partial charge in [-0.3, -0.25) is 4.68 Å². The highest BCUT2D eigenvalue weighted by atomic mass is 15.3. The molecule has 0 fully saturated rings. The minimum Gasteiger partial charge on any atom is -0.308 e. The van der Waals surface area contributed by atoms with Crippen molar-refractivity contribution >= 4 is 5.82 Å². The van der Waals surface area contributed by atoms with Gasteiger partial charge in [-0.1, -0.05) is 0 Å². The van der Waals surface area contributed by atoms with Crippen molar-refractivity contribution in [3.63, 3.8) is 0 Å². The Kier molecular flexibility index (Phi) is 2.82. The molecule has 0 aliphatic rings. The molecule has 0 aliphatic carbocycles. The maximum Gasteiger partial charge on any atom is 0.164 e. The number of hydrogen-bond donors (Lipinski definition) is 2. The first kappa shape index (κ1) is 10.6. The number of nitrogens with two attached hydrogens (primary N) is 1. The highest BCUT2D eigenvalue weighted by molar-refractivity contribution is 5.54. The van der Waals surface area contributed by atoms with Gasteiger partial charge >= 0.3 is 0 Å². The highest BCUT2D eigenvalue weighted by Gasteiger charge is 2.06. The zero-order chi connectivity index (χ0) is 11.5. The van der Waals surface area contributed by atoms with E-state index >= 15 is 0 Å². The van der Waals surface area contributed by atoms with Crippen molar-refractivity contribution in [3.8, 4) is 11.4 Å². The minimum absolute atomic E-state index is 0.324. The van der Waals surface area contributed by atoms with Crippen LogP contribution in [0.5, 0.6) is 0 Å². The second-order valence-electron chi connectivity index (χ2n) is 3.71. The first-order chi connectivity index (χ1) is 7.70. The maximum atomic E-state index is 5.29. The van der Waals surface area contributed by atoms with Gasteiger partial charge in [-0.05, 0) is 13.8 Å². The fraction of sp³-hybridized carbons (Fsp3) is 0.300. The molecule has 0 radical (unpaired) electrons. The first-order valence-electron chi connectivity index (χ1n) is 5.05. The molecule has 0 aromatic carbocycles. The number of nitrogens with one attached hydrogen (secondary N) is 1. The smallest absolute Gasteiger partial charge is 0.164 e. The predicted molar refractivity (Wildman–Crippen MR) is 61.4 cm³/mol. The van der Waals surface area contributed by atoms with Gasteiger partial charge in [0.25, 0.3) is 0 Å². The number of hydrogen-bond acceptors (Lipinski definition) is 5. The summed E-state index contributed by atoms with van der Waals surface area (Å²) in [5.41, 5.74) is 3.37. The van der Waals surface area contributed by atoms with Gasteiger partial charge in [0.1, 0.15) is 5.82 Å².